The van der Waals surface area contributed by atoms with Crippen molar-refractivity contribution in [3.8, 4) is 5.75 Å². The molecule has 1 fully saturated rings. The van der Waals surface area contributed by atoms with Crippen molar-refractivity contribution in [1.82, 2.24) is 5.32 Å². The van der Waals surface area contributed by atoms with Crippen molar-refractivity contribution < 1.29 is 27.4 Å². The van der Waals surface area contributed by atoms with E-state index in [0.717, 1.165) is 6.54 Å². The quantitative estimate of drug-likeness (QED) is 0.852. The molecule has 1 atom stereocenters. The van der Waals surface area contributed by atoms with Gasteiger partial charge in [-0.25, -0.2) is 0 Å². The van der Waals surface area contributed by atoms with Gasteiger partial charge >= 0.3 is 6.18 Å². The summed E-state index contributed by atoms with van der Waals surface area (Å²) in [5.74, 6) is -0.354. The maximum absolute atomic E-state index is 12.2. The molecule has 1 aliphatic rings. The molecule has 0 spiro atoms. The van der Waals surface area contributed by atoms with E-state index in [1.165, 1.54) is 18.2 Å². The van der Waals surface area contributed by atoms with Gasteiger partial charge < -0.3 is 20.1 Å². The molecule has 1 saturated heterocycles. The number of amides is 1. The minimum Gasteiger partial charge on any atom is -0.482 e. The third-order valence-corrected chi connectivity index (χ3v) is 2.97. The third-order valence-electron chi connectivity index (χ3n) is 2.97. The zero-order valence-corrected chi connectivity index (χ0v) is 13.0. The number of anilines is 1. The fourth-order valence-electron chi connectivity index (χ4n) is 2.01. The van der Waals surface area contributed by atoms with Crippen LogP contribution in [0.4, 0.5) is 18.9 Å². The van der Waals surface area contributed by atoms with Crippen molar-refractivity contribution in [2.75, 3.05) is 31.6 Å². The third kappa shape index (κ3) is 7.06. The lowest BCUT2D eigenvalue weighted by Crippen LogP contribution is -2.40. The molecule has 1 aromatic rings. The lowest BCUT2D eigenvalue weighted by molar-refractivity contribution is -0.153. The van der Waals surface area contributed by atoms with Crippen LogP contribution in [0.1, 0.15) is 6.42 Å². The number of benzene rings is 1. The predicted octanol–water partition coefficient (Wildman–Crippen LogP) is 2.37. The van der Waals surface area contributed by atoms with E-state index >= 15 is 0 Å². The Kier molecular flexibility index (Phi) is 7.60. The largest absolute Gasteiger partial charge is 0.482 e. The van der Waals surface area contributed by atoms with E-state index in [-0.39, 0.29) is 42.3 Å². The topological polar surface area (TPSA) is 59.6 Å². The summed E-state index contributed by atoms with van der Waals surface area (Å²) in [4.78, 5) is 11.9. The first-order valence-electron chi connectivity index (χ1n) is 6.85. The van der Waals surface area contributed by atoms with Crippen LogP contribution >= 0.6 is 12.4 Å². The maximum Gasteiger partial charge on any atom is 0.422 e. The van der Waals surface area contributed by atoms with Gasteiger partial charge in [0.05, 0.1) is 24.8 Å². The van der Waals surface area contributed by atoms with E-state index in [1.54, 1.807) is 6.07 Å². The highest BCUT2D eigenvalue weighted by molar-refractivity contribution is 5.92. The van der Waals surface area contributed by atoms with Crippen LogP contribution in [-0.4, -0.2) is 44.5 Å². The summed E-state index contributed by atoms with van der Waals surface area (Å²) in [5, 5.41) is 5.65. The van der Waals surface area contributed by atoms with Crippen molar-refractivity contribution in [3.05, 3.63) is 24.3 Å². The first-order chi connectivity index (χ1) is 10.4. The van der Waals surface area contributed by atoms with Crippen molar-refractivity contribution in [2.24, 2.45) is 0 Å². The summed E-state index contributed by atoms with van der Waals surface area (Å²) in [6.45, 7) is 0.435. The summed E-state index contributed by atoms with van der Waals surface area (Å²) in [6.07, 6.45) is -4.55. The van der Waals surface area contributed by atoms with Crippen molar-refractivity contribution in [2.45, 2.75) is 18.7 Å². The fourth-order valence-corrected chi connectivity index (χ4v) is 2.01. The van der Waals surface area contributed by atoms with E-state index < -0.39 is 12.8 Å². The lowest BCUT2D eigenvalue weighted by atomic mass is 10.2. The highest BCUT2D eigenvalue weighted by atomic mass is 35.5. The molecule has 1 aliphatic heterocycles. The Morgan fingerprint density at radius 3 is 2.78 bits per heavy atom. The highest BCUT2D eigenvalue weighted by Gasteiger charge is 2.29. The second kappa shape index (κ2) is 8.95. The van der Waals surface area contributed by atoms with Gasteiger partial charge in [-0.1, -0.05) is 12.1 Å². The number of alkyl halides is 3. The van der Waals surface area contributed by atoms with Gasteiger partial charge in [0.25, 0.3) is 0 Å². The van der Waals surface area contributed by atoms with Gasteiger partial charge in [0.2, 0.25) is 5.91 Å². The summed E-state index contributed by atoms with van der Waals surface area (Å²) in [6, 6.07) is 6.01. The second-order valence-corrected chi connectivity index (χ2v) is 4.85. The van der Waals surface area contributed by atoms with Crippen LogP contribution in [0.2, 0.25) is 0 Å². The molecule has 1 aromatic carbocycles. The number of nitrogens with one attached hydrogen (secondary N) is 2. The molecule has 23 heavy (non-hydrogen) atoms. The Bertz CT molecular complexity index is 508. The number of hydrogen-bond donors (Lipinski definition) is 2. The Morgan fingerprint density at radius 1 is 1.39 bits per heavy atom. The number of hydrogen-bond acceptors (Lipinski definition) is 4. The van der Waals surface area contributed by atoms with Gasteiger partial charge in [-0.3, -0.25) is 4.79 Å². The van der Waals surface area contributed by atoms with Gasteiger partial charge in [-0.15, -0.1) is 12.4 Å². The van der Waals surface area contributed by atoms with Crippen LogP contribution < -0.4 is 15.4 Å². The van der Waals surface area contributed by atoms with Gasteiger partial charge in [0.1, 0.15) is 5.75 Å². The highest BCUT2D eigenvalue weighted by Crippen LogP contribution is 2.26. The van der Waals surface area contributed by atoms with Crippen molar-refractivity contribution in [1.29, 1.82) is 0 Å². The minimum atomic E-state index is -4.43. The van der Waals surface area contributed by atoms with Gasteiger partial charge in [0, 0.05) is 13.1 Å². The average molecular weight is 355 g/mol. The predicted molar refractivity (Wildman–Crippen MR) is 81.1 cm³/mol. The number of carbonyl (C=O) groups is 1. The maximum atomic E-state index is 12.2. The van der Waals surface area contributed by atoms with Gasteiger partial charge in [-0.05, 0) is 12.1 Å². The second-order valence-electron chi connectivity index (χ2n) is 4.85. The standard InChI is InChI=1S/C14H17F3N2O3.ClH/c15-14(16,17)9-22-12-4-2-1-3-11(12)19-13(20)7-10-8-18-5-6-21-10;/h1-4,10,18H,5-9H2,(H,19,20);1H. The summed E-state index contributed by atoms with van der Waals surface area (Å²) >= 11 is 0. The molecule has 0 aliphatic carbocycles. The molecule has 1 amide bonds. The normalized spacial score (nSPS) is 18.0. The van der Waals surface area contributed by atoms with Crippen molar-refractivity contribution >= 4 is 24.0 Å². The van der Waals surface area contributed by atoms with Crippen LogP contribution in [0.15, 0.2) is 24.3 Å². The van der Waals surface area contributed by atoms with Crippen LogP contribution in [0.3, 0.4) is 0 Å². The zero-order chi connectivity index (χ0) is 16.0. The van der Waals surface area contributed by atoms with E-state index in [9.17, 15) is 18.0 Å². The minimum absolute atomic E-state index is 0. The van der Waals surface area contributed by atoms with Crippen LogP contribution in [0.25, 0.3) is 0 Å². The average Bonchev–Trinajstić information content (AvgIpc) is 2.46. The Morgan fingerprint density at radius 2 is 2.13 bits per heavy atom. The van der Waals surface area contributed by atoms with E-state index in [1.807, 2.05) is 0 Å². The molecular weight excluding hydrogens is 337 g/mol. The first-order valence-corrected chi connectivity index (χ1v) is 6.85. The summed E-state index contributed by atoms with van der Waals surface area (Å²) < 4.78 is 46.7. The molecule has 0 radical (unpaired) electrons. The number of para-hydroxylation sites is 2. The molecule has 0 saturated carbocycles. The molecule has 1 unspecified atom stereocenters. The first kappa shape index (κ1) is 19.5. The van der Waals surface area contributed by atoms with E-state index in [0.29, 0.717) is 13.2 Å². The molecule has 130 valence electrons. The number of halogens is 4. The number of ether oxygens (including phenoxy) is 2. The smallest absolute Gasteiger partial charge is 0.422 e. The Hall–Kier alpha value is -1.51. The number of rotatable bonds is 5. The molecule has 5 nitrogen and oxygen atoms in total. The summed E-state index contributed by atoms with van der Waals surface area (Å²) in [5.41, 5.74) is 0.209. The summed E-state index contributed by atoms with van der Waals surface area (Å²) in [7, 11) is 0. The SMILES string of the molecule is Cl.O=C(CC1CNCCO1)Nc1ccccc1OCC(F)(F)F. The number of carbonyl (C=O) groups excluding carboxylic acids is 1. The Balaban J connectivity index is 0.00000264. The van der Waals surface area contributed by atoms with Crippen LogP contribution in [-0.2, 0) is 9.53 Å². The molecule has 1 heterocycles. The Labute approximate surface area is 137 Å². The van der Waals surface area contributed by atoms with Crippen LogP contribution in [0.5, 0.6) is 5.75 Å². The van der Waals surface area contributed by atoms with Crippen molar-refractivity contribution in [3.63, 3.8) is 0 Å². The lowest BCUT2D eigenvalue weighted by Gasteiger charge is -2.23. The monoisotopic (exact) mass is 354 g/mol. The molecule has 0 bridgehead atoms. The molecule has 0 aromatic heterocycles. The number of morpholine rings is 1. The van der Waals surface area contributed by atoms with E-state index in [4.69, 9.17) is 9.47 Å². The molecule has 2 N–H and O–H groups in total. The molecular formula is C14H18ClF3N2O3. The molecule has 2 rings (SSSR count). The van der Waals surface area contributed by atoms with Gasteiger partial charge in [0.15, 0.2) is 6.61 Å². The van der Waals surface area contributed by atoms with Crippen LogP contribution in [0, 0.1) is 0 Å². The van der Waals surface area contributed by atoms with Gasteiger partial charge in [-0.2, -0.15) is 13.2 Å². The zero-order valence-electron chi connectivity index (χ0n) is 12.2. The fraction of sp³-hybridized carbons (Fsp3) is 0.500. The molecule has 9 heteroatoms. The van der Waals surface area contributed by atoms with E-state index in [2.05, 4.69) is 10.6 Å².